The summed E-state index contributed by atoms with van der Waals surface area (Å²) in [5.74, 6) is 1.66. The van der Waals surface area contributed by atoms with Gasteiger partial charge in [-0.2, -0.15) is 0 Å². The molecule has 128 valence electrons. The average molecular weight is 330 g/mol. The minimum Gasteiger partial charge on any atom is -0.454 e. The second-order valence-corrected chi connectivity index (χ2v) is 6.67. The van der Waals surface area contributed by atoms with E-state index in [-0.39, 0.29) is 24.5 Å². The molecule has 0 spiro atoms. The summed E-state index contributed by atoms with van der Waals surface area (Å²) in [6.07, 6.45) is 3.75. The molecule has 2 fully saturated rings. The monoisotopic (exact) mass is 330 g/mol. The first kappa shape index (κ1) is 15.3. The lowest BCUT2D eigenvalue weighted by Crippen LogP contribution is -2.43. The summed E-state index contributed by atoms with van der Waals surface area (Å²) in [7, 11) is 0. The van der Waals surface area contributed by atoms with Crippen LogP contribution in [0.25, 0.3) is 0 Å². The molecule has 2 amide bonds. The van der Waals surface area contributed by atoms with Crippen LogP contribution in [-0.4, -0.2) is 54.6 Å². The molecule has 0 aliphatic carbocycles. The number of likely N-dealkylation sites (tertiary alicyclic amines) is 2. The Labute approximate surface area is 141 Å². The van der Waals surface area contributed by atoms with Gasteiger partial charge in [-0.25, -0.2) is 0 Å². The van der Waals surface area contributed by atoms with Crippen molar-refractivity contribution in [2.75, 3.05) is 33.0 Å². The smallest absolute Gasteiger partial charge is 0.253 e. The first-order chi connectivity index (χ1) is 11.7. The van der Waals surface area contributed by atoms with E-state index in [2.05, 4.69) is 0 Å². The number of carbonyl (C=O) groups is 2. The summed E-state index contributed by atoms with van der Waals surface area (Å²) >= 11 is 0. The molecule has 1 aromatic rings. The number of nitrogens with zero attached hydrogens (tertiary/aromatic N) is 2. The molecule has 6 heteroatoms. The number of fused-ring (bicyclic) bond motifs is 1. The predicted molar refractivity (Wildman–Crippen MR) is 87.0 cm³/mol. The number of amides is 2. The Kier molecular flexibility index (Phi) is 4.04. The van der Waals surface area contributed by atoms with Crippen LogP contribution < -0.4 is 9.47 Å². The van der Waals surface area contributed by atoms with Crippen molar-refractivity contribution in [3.05, 3.63) is 23.8 Å². The van der Waals surface area contributed by atoms with E-state index in [0.29, 0.717) is 30.2 Å². The van der Waals surface area contributed by atoms with Gasteiger partial charge in [0.1, 0.15) is 0 Å². The van der Waals surface area contributed by atoms with Gasteiger partial charge in [-0.3, -0.25) is 9.59 Å². The van der Waals surface area contributed by atoms with Crippen LogP contribution in [-0.2, 0) is 4.79 Å². The predicted octanol–water partition coefficient (Wildman–Crippen LogP) is 1.89. The topological polar surface area (TPSA) is 59.1 Å². The van der Waals surface area contributed by atoms with Gasteiger partial charge in [-0.1, -0.05) is 0 Å². The van der Waals surface area contributed by atoms with E-state index in [0.717, 1.165) is 38.8 Å². The van der Waals surface area contributed by atoms with E-state index in [4.69, 9.17) is 9.47 Å². The van der Waals surface area contributed by atoms with Crippen LogP contribution >= 0.6 is 0 Å². The highest BCUT2D eigenvalue weighted by Gasteiger charge is 2.31. The molecule has 3 heterocycles. The third kappa shape index (κ3) is 2.81. The van der Waals surface area contributed by atoms with Crippen molar-refractivity contribution in [2.24, 2.45) is 5.92 Å². The molecule has 24 heavy (non-hydrogen) atoms. The molecular formula is C18H22N2O4. The molecule has 0 aromatic heterocycles. The zero-order chi connectivity index (χ0) is 16.5. The fourth-order valence-corrected chi connectivity index (χ4v) is 3.74. The Morgan fingerprint density at radius 1 is 0.917 bits per heavy atom. The van der Waals surface area contributed by atoms with Gasteiger partial charge in [0.15, 0.2) is 11.5 Å². The molecule has 0 unspecified atom stereocenters. The van der Waals surface area contributed by atoms with Crippen molar-refractivity contribution >= 4 is 11.8 Å². The van der Waals surface area contributed by atoms with Crippen LogP contribution in [0.3, 0.4) is 0 Å². The molecule has 3 aliphatic heterocycles. The van der Waals surface area contributed by atoms with Crippen molar-refractivity contribution < 1.29 is 19.1 Å². The number of carbonyl (C=O) groups excluding carboxylic acids is 2. The zero-order valence-corrected chi connectivity index (χ0v) is 13.7. The Morgan fingerprint density at radius 3 is 2.38 bits per heavy atom. The molecule has 0 saturated carbocycles. The second-order valence-electron chi connectivity index (χ2n) is 6.67. The third-order valence-corrected chi connectivity index (χ3v) is 5.17. The fourth-order valence-electron chi connectivity index (χ4n) is 3.74. The molecule has 0 radical (unpaired) electrons. The van der Waals surface area contributed by atoms with E-state index in [1.165, 1.54) is 0 Å². The maximum absolute atomic E-state index is 12.7. The number of benzene rings is 1. The lowest BCUT2D eigenvalue weighted by molar-refractivity contribution is -0.135. The van der Waals surface area contributed by atoms with Crippen molar-refractivity contribution in [1.82, 2.24) is 9.80 Å². The highest BCUT2D eigenvalue weighted by molar-refractivity contribution is 5.95. The molecule has 2 saturated heterocycles. The first-order valence-corrected chi connectivity index (χ1v) is 8.70. The van der Waals surface area contributed by atoms with Crippen LogP contribution in [0.1, 0.15) is 36.0 Å². The van der Waals surface area contributed by atoms with Gasteiger partial charge in [0.05, 0.1) is 0 Å². The van der Waals surface area contributed by atoms with Crippen molar-refractivity contribution in [1.29, 1.82) is 0 Å². The van der Waals surface area contributed by atoms with E-state index in [1.807, 2.05) is 9.80 Å². The Morgan fingerprint density at radius 2 is 1.62 bits per heavy atom. The maximum atomic E-state index is 12.7. The van der Waals surface area contributed by atoms with Crippen molar-refractivity contribution in [2.45, 2.75) is 25.7 Å². The molecule has 1 aromatic carbocycles. The Balaban J connectivity index is 1.37. The average Bonchev–Trinajstić information content (AvgIpc) is 3.31. The van der Waals surface area contributed by atoms with Crippen molar-refractivity contribution in [3.8, 4) is 11.5 Å². The lowest BCUT2D eigenvalue weighted by Gasteiger charge is -2.33. The van der Waals surface area contributed by atoms with E-state index < -0.39 is 0 Å². The minimum absolute atomic E-state index is 0.000344. The largest absolute Gasteiger partial charge is 0.454 e. The van der Waals surface area contributed by atoms with Gasteiger partial charge >= 0.3 is 0 Å². The highest BCUT2D eigenvalue weighted by atomic mass is 16.7. The second kappa shape index (κ2) is 6.34. The van der Waals surface area contributed by atoms with Crippen LogP contribution in [0.5, 0.6) is 11.5 Å². The SMILES string of the molecule is O=C(c1ccc2c(c1)OCO2)N1CCC(C(=O)N2CCCC2)CC1. The van der Waals surface area contributed by atoms with Gasteiger partial charge < -0.3 is 19.3 Å². The molecule has 0 bridgehead atoms. The zero-order valence-electron chi connectivity index (χ0n) is 13.7. The number of hydrogen-bond acceptors (Lipinski definition) is 4. The molecule has 4 rings (SSSR count). The summed E-state index contributed by atoms with van der Waals surface area (Å²) < 4.78 is 10.6. The molecule has 6 nitrogen and oxygen atoms in total. The maximum Gasteiger partial charge on any atom is 0.253 e. The van der Waals surface area contributed by atoms with Gasteiger partial charge in [-0.05, 0) is 43.9 Å². The lowest BCUT2D eigenvalue weighted by atomic mass is 9.95. The number of hydrogen-bond donors (Lipinski definition) is 0. The quantitative estimate of drug-likeness (QED) is 0.831. The summed E-state index contributed by atoms with van der Waals surface area (Å²) in [6, 6.07) is 5.29. The Hall–Kier alpha value is -2.24. The van der Waals surface area contributed by atoms with Gasteiger partial charge in [-0.15, -0.1) is 0 Å². The standard InChI is InChI=1S/C18H22N2O4/c21-17(19-7-1-2-8-19)13-5-9-20(10-6-13)18(22)14-3-4-15-16(11-14)24-12-23-15/h3-4,11,13H,1-2,5-10,12H2. The van der Waals surface area contributed by atoms with Crippen LogP contribution in [0.2, 0.25) is 0 Å². The van der Waals surface area contributed by atoms with E-state index >= 15 is 0 Å². The number of rotatable bonds is 2. The Bertz CT molecular complexity index is 646. The molecular weight excluding hydrogens is 308 g/mol. The normalized spacial score (nSPS) is 20.5. The minimum atomic E-state index is 0.000344. The van der Waals surface area contributed by atoms with Gasteiger partial charge in [0, 0.05) is 37.7 Å². The fraction of sp³-hybridized carbons (Fsp3) is 0.556. The highest BCUT2D eigenvalue weighted by Crippen LogP contribution is 2.33. The summed E-state index contributed by atoms with van der Waals surface area (Å²) in [6.45, 7) is 3.27. The molecule has 0 N–H and O–H groups in total. The number of piperidine rings is 1. The van der Waals surface area contributed by atoms with Crippen LogP contribution in [0.15, 0.2) is 18.2 Å². The van der Waals surface area contributed by atoms with Gasteiger partial charge in [0.25, 0.3) is 5.91 Å². The third-order valence-electron chi connectivity index (χ3n) is 5.17. The van der Waals surface area contributed by atoms with Crippen molar-refractivity contribution in [3.63, 3.8) is 0 Å². The van der Waals surface area contributed by atoms with Crippen LogP contribution in [0, 0.1) is 5.92 Å². The summed E-state index contributed by atoms with van der Waals surface area (Å²) in [5.41, 5.74) is 0.614. The van der Waals surface area contributed by atoms with Gasteiger partial charge in [0.2, 0.25) is 12.7 Å². The number of ether oxygens (including phenoxy) is 2. The summed E-state index contributed by atoms with van der Waals surface area (Å²) in [4.78, 5) is 29.0. The first-order valence-electron chi connectivity index (χ1n) is 8.70. The van der Waals surface area contributed by atoms with E-state index in [9.17, 15) is 9.59 Å². The molecule has 3 aliphatic rings. The van der Waals surface area contributed by atoms with E-state index in [1.54, 1.807) is 18.2 Å². The van der Waals surface area contributed by atoms with Crippen LogP contribution in [0.4, 0.5) is 0 Å². The summed E-state index contributed by atoms with van der Waals surface area (Å²) in [5, 5.41) is 0. The molecule has 0 atom stereocenters.